The Hall–Kier alpha value is -3.04. The summed E-state index contributed by atoms with van der Waals surface area (Å²) in [5.41, 5.74) is 9.28. The van der Waals surface area contributed by atoms with Crippen LogP contribution in [-0.2, 0) is 6.54 Å². The van der Waals surface area contributed by atoms with Crippen molar-refractivity contribution in [3.63, 3.8) is 0 Å². The van der Waals surface area contributed by atoms with Crippen molar-refractivity contribution in [1.82, 2.24) is 29.1 Å². The molecule has 4 aromatic rings. The minimum Gasteiger partial charge on any atom is -0.367 e. The Morgan fingerprint density at radius 2 is 1.87 bits per heavy atom. The highest BCUT2D eigenvalue weighted by Gasteiger charge is 2.25. The summed E-state index contributed by atoms with van der Waals surface area (Å²) < 4.78 is 28.6. The van der Waals surface area contributed by atoms with Gasteiger partial charge in [0.2, 0.25) is 5.95 Å². The van der Waals surface area contributed by atoms with Gasteiger partial charge in [0.25, 0.3) is 6.43 Å². The van der Waals surface area contributed by atoms with E-state index in [0.717, 1.165) is 5.41 Å². The van der Waals surface area contributed by atoms with Gasteiger partial charge in [-0.1, -0.05) is 20.3 Å². The first-order valence-electron chi connectivity index (χ1n) is 10.2. The first-order chi connectivity index (χ1) is 14.6. The lowest BCUT2D eigenvalue weighted by Gasteiger charge is -2.33. The maximum atomic E-state index is 12.9. The number of alkyl halides is 2. The van der Waals surface area contributed by atoms with E-state index in [4.69, 9.17) is 13.6 Å². The van der Waals surface area contributed by atoms with Gasteiger partial charge in [-0.25, -0.2) is 28.2 Å². The number of anilines is 1. The monoisotopic (exact) mass is 423 g/mol. The van der Waals surface area contributed by atoms with E-state index >= 15 is 0 Å². The summed E-state index contributed by atoms with van der Waals surface area (Å²) in [6.45, 7) is 5.87. The molecular weight excluding hydrogens is 399 g/mol. The Balaban J connectivity index is 0.000000334. The number of hydrogen-bond donors (Lipinski definition) is 1. The van der Waals surface area contributed by atoms with Crippen LogP contribution >= 0.6 is 0 Å². The van der Waals surface area contributed by atoms with Gasteiger partial charge in [0.15, 0.2) is 5.65 Å². The second-order valence-corrected chi connectivity index (χ2v) is 8.60. The zero-order chi connectivity index (χ0) is 22.3. The molecule has 5 rings (SSSR count). The van der Waals surface area contributed by atoms with Crippen molar-refractivity contribution in [3.8, 4) is 11.3 Å². The SMILES string of the molecule is CC1(C)CCC1.[B]c1nc(N)nn2ccc(-c3ccc4nc(C)n(CC(F)F)c4n3)c12. The highest BCUT2D eigenvalue weighted by Crippen LogP contribution is 2.38. The van der Waals surface area contributed by atoms with E-state index < -0.39 is 13.0 Å². The van der Waals surface area contributed by atoms with Crippen molar-refractivity contribution in [3.05, 3.63) is 30.2 Å². The molecule has 31 heavy (non-hydrogen) atoms. The molecule has 1 fully saturated rings. The maximum absolute atomic E-state index is 12.9. The number of nitrogen functional groups attached to an aromatic ring is 1. The van der Waals surface area contributed by atoms with Crippen LogP contribution in [0.5, 0.6) is 0 Å². The molecule has 0 aliphatic heterocycles. The standard InChI is InChI=1S/C15H12BF2N7.C6H12/c1-7-20-10-3-2-9(21-14(10)24(7)6-11(17)18)8-4-5-25-12(8)13(16)22-15(19)23-25;1-6(2)4-3-5-6/h2-5,11H,6H2,1H3,(H2,19,23);3-5H2,1-2H3. The number of pyridine rings is 1. The number of aryl methyl sites for hydroxylation is 1. The predicted octanol–water partition coefficient (Wildman–Crippen LogP) is 3.29. The van der Waals surface area contributed by atoms with E-state index in [1.165, 1.54) is 28.3 Å². The average molecular weight is 423 g/mol. The Kier molecular flexibility index (Phi) is 5.41. The Labute approximate surface area is 180 Å². The molecule has 0 amide bonds. The van der Waals surface area contributed by atoms with Crippen molar-refractivity contribution in [2.24, 2.45) is 5.41 Å². The summed E-state index contributed by atoms with van der Waals surface area (Å²) in [6, 6.07) is 5.27. The van der Waals surface area contributed by atoms with Crippen LogP contribution in [0.15, 0.2) is 24.4 Å². The largest absolute Gasteiger partial charge is 0.367 e. The van der Waals surface area contributed by atoms with Crippen LogP contribution in [-0.4, -0.2) is 43.4 Å². The highest BCUT2D eigenvalue weighted by molar-refractivity contribution is 6.36. The minimum absolute atomic E-state index is 0.0567. The molecule has 160 valence electrons. The van der Waals surface area contributed by atoms with Gasteiger partial charge in [-0.05, 0) is 43.4 Å². The third-order valence-corrected chi connectivity index (χ3v) is 5.64. The van der Waals surface area contributed by atoms with Gasteiger partial charge in [0, 0.05) is 17.4 Å². The molecule has 10 heteroatoms. The maximum Gasteiger partial charge on any atom is 0.256 e. The molecule has 0 atom stereocenters. The fourth-order valence-electron chi connectivity index (χ4n) is 3.78. The summed E-state index contributed by atoms with van der Waals surface area (Å²) in [7, 11) is 5.96. The molecule has 1 saturated carbocycles. The van der Waals surface area contributed by atoms with Gasteiger partial charge in [0.1, 0.15) is 19.2 Å². The summed E-state index contributed by atoms with van der Waals surface area (Å²) in [6.07, 6.45) is 3.56. The van der Waals surface area contributed by atoms with Crippen molar-refractivity contribution in [2.75, 3.05) is 5.73 Å². The second kappa shape index (κ2) is 7.90. The summed E-state index contributed by atoms with van der Waals surface area (Å²) in [5.74, 6) is 0.540. The van der Waals surface area contributed by atoms with Crippen LogP contribution in [0.25, 0.3) is 27.9 Å². The van der Waals surface area contributed by atoms with Crippen molar-refractivity contribution in [1.29, 1.82) is 0 Å². The lowest BCUT2D eigenvalue weighted by molar-refractivity contribution is 0.127. The molecule has 4 heterocycles. The van der Waals surface area contributed by atoms with Crippen molar-refractivity contribution in [2.45, 2.75) is 53.0 Å². The van der Waals surface area contributed by atoms with Gasteiger partial charge < -0.3 is 10.3 Å². The quantitative estimate of drug-likeness (QED) is 0.511. The van der Waals surface area contributed by atoms with E-state index in [1.54, 1.807) is 31.3 Å². The smallest absolute Gasteiger partial charge is 0.256 e. The van der Waals surface area contributed by atoms with Crippen molar-refractivity contribution >= 4 is 36.1 Å². The van der Waals surface area contributed by atoms with E-state index in [9.17, 15) is 8.78 Å². The third kappa shape index (κ3) is 4.24. The van der Waals surface area contributed by atoms with Gasteiger partial charge in [-0.2, -0.15) is 0 Å². The van der Waals surface area contributed by atoms with E-state index in [0.29, 0.717) is 33.8 Å². The molecule has 7 nitrogen and oxygen atoms in total. The number of fused-ring (bicyclic) bond motifs is 2. The normalized spacial score (nSPS) is 15.2. The Morgan fingerprint density at radius 3 is 2.48 bits per heavy atom. The van der Waals surface area contributed by atoms with Gasteiger partial charge in [-0.3, -0.25) is 0 Å². The number of halogens is 2. The topological polar surface area (TPSA) is 86.9 Å². The predicted molar refractivity (Wildman–Crippen MR) is 118 cm³/mol. The molecule has 1 aliphatic carbocycles. The molecule has 0 bridgehead atoms. The average Bonchev–Trinajstić information content (AvgIpc) is 3.22. The van der Waals surface area contributed by atoms with Crippen LogP contribution < -0.4 is 11.3 Å². The molecule has 0 aromatic carbocycles. The Morgan fingerprint density at radius 1 is 1.16 bits per heavy atom. The zero-order valence-corrected chi connectivity index (χ0v) is 17.8. The summed E-state index contributed by atoms with van der Waals surface area (Å²) in [4.78, 5) is 12.8. The van der Waals surface area contributed by atoms with Crippen LogP contribution in [0.4, 0.5) is 14.7 Å². The number of imidazole rings is 1. The molecule has 4 aromatic heterocycles. The lowest BCUT2D eigenvalue weighted by Crippen LogP contribution is -2.20. The number of rotatable bonds is 3. The van der Waals surface area contributed by atoms with Crippen LogP contribution in [0, 0.1) is 12.3 Å². The Bertz CT molecular complexity index is 1240. The second-order valence-electron chi connectivity index (χ2n) is 8.60. The molecule has 2 N–H and O–H groups in total. The van der Waals surface area contributed by atoms with Crippen molar-refractivity contribution < 1.29 is 8.78 Å². The molecule has 2 radical (unpaired) electrons. The molecule has 1 aliphatic rings. The first-order valence-corrected chi connectivity index (χ1v) is 10.2. The first kappa shape index (κ1) is 21.2. The number of nitrogens with two attached hydrogens (primary N) is 1. The number of hydrogen-bond acceptors (Lipinski definition) is 5. The molecular formula is C21H24BF2N7. The molecule has 0 spiro atoms. The van der Waals surface area contributed by atoms with Crippen LogP contribution in [0.1, 0.15) is 38.9 Å². The van der Waals surface area contributed by atoms with Gasteiger partial charge >= 0.3 is 0 Å². The summed E-state index contributed by atoms with van der Waals surface area (Å²) >= 11 is 0. The highest BCUT2D eigenvalue weighted by atomic mass is 19.3. The number of aromatic nitrogens is 6. The van der Waals surface area contributed by atoms with E-state index in [-0.39, 0.29) is 11.5 Å². The molecule has 0 saturated heterocycles. The van der Waals surface area contributed by atoms with E-state index in [2.05, 4.69) is 33.9 Å². The van der Waals surface area contributed by atoms with E-state index in [1.807, 2.05) is 0 Å². The molecule has 0 unspecified atom stereocenters. The summed E-state index contributed by atoms with van der Waals surface area (Å²) in [5, 5.41) is 4.06. The van der Waals surface area contributed by atoms with Gasteiger partial charge in [-0.15, -0.1) is 5.10 Å². The van der Waals surface area contributed by atoms with Crippen LogP contribution in [0.3, 0.4) is 0 Å². The zero-order valence-electron chi connectivity index (χ0n) is 17.8. The fraction of sp³-hybridized carbons (Fsp3) is 0.429. The fourth-order valence-corrected chi connectivity index (χ4v) is 3.78. The third-order valence-electron chi connectivity index (χ3n) is 5.64. The minimum atomic E-state index is -2.50. The van der Waals surface area contributed by atoms with Gasteiger partial charge in [0.05, 0.1) is 17.8 Å². The lowest BCUT2D eigenvalue weighted by atomic mass is 9.72. The van der Waals surface area contributed by atoms with Crippen LogP contribution in [0.2, 0.25) is 0 Å². The number of nitrogens with zero attached hydrogens (tertiary/aromatic N) is 6.